The number of carbonyl (C=O) groups is 1. The number of nitrogens with zero attached hydrogens (tertiary/aromatic N) is 1. The van der Waals surface area contributed by atoms with E-state index in [2.05, 4.69) is 0 Å². The second-order valence-electron chi connectivity index (χ2n) is 9.11. The number of alkyl halides is 3. The monoisotopic (exact) mass is 503 g/mol. The van der Waals surface area contributed by atoms with Crippen molar-refractivity contribution in [2.75, 3.05) is 0 Å². The van der Waals surface area contributed by atoms with Gasteiger partial charge in [-0.3, -0.25) is 0 Å². The highest BCUT2D eigenvalue weighted by atomic mass is 32.1. The summed E-state index contributed by atoms with van der Waals surface area (Å²) in [5, 5.41) is 9.97. The fourth-order valence-electron chi connectivity index (χ4n) is 3.40. The molecule has 0 spiro atoms. The molecular formula is C27H28F3NO3S. The summed E-state index contributed by atoms with van der Waals surface area (Å²) in [6.07, 6.45) is 0.262. The zero-order valence-corrected chi connectivity index (χ0v) is 21.1. The first-order chi connectivity index (χ1) is 16.3. The number of carboxylic acids is 1. The number of aromatic nitrogens is 1. The molecule has 0 amide bonds. The molecule has 0 atom stereocenters. The van der Waals surface area contributed by atoms with Crippen molar-refractivity contribution < 1.29 is 27.8 Å². The van der Waals surface area contributed by atoms with Crippen molar-refractivity contribution in [3.05, 3.63) is 75.8 Å². The Morgan fingerprint density at radius 1 is 1.14 bits per heavy atom. The zero-order chi connectivity index (χ0) is 26.0. The van der Waals surface area contributed by atoms with Crippen LogP contribution in [0.15, 0.2) is 48.5 Å². The van der Waals surface area contributed by atoms with Crippen LogP contribution in [0.4, 0.5) is 13.2 Å². The predicted molar refractivity (Wildman–Crippen MR) is 133 cm³/mol. The minimum absolute atomic E-state index is 0.175. The Balaban J connectivity index is 1.77. The number of aliphatic carboxylic acids is 1. The van der Waals surface area contributed by atoms with Gasteiger partial charge in [-0.25, -0.2) is 9.78 Å². The molecule has 0 aliphatic rings. The number of carboxylic acid groups (broad SMARTS) is 1. The smallest absolute Gasteiger partial charge is 0.416 e. The molecule has 8 heteroatoms. The van der Waals surface area contributed by atoms with Crippen molar-refractivity contribution in [2.24, 2.45) is 0 Å². The summed E-state index contributed by atoms with van der Waals surface area (Å²) in [6.45, 7) is 8.95. The highest BCUT2D eigenvalue weighted by molar-refractivity contribution is 7.15. The Labute approximate surface area is 207 Å². The number of hydrogen-bond acceptors (Lipinski definition) is 4. The lowest BCUT2D eigenvalue weighted by molar-refractivity contribution is -0.152. The molecule has 0 aliphatic heterocycles. The molecule has 3 rings (SSSR count). The van der Waals surface area contributed by atoms with Gasteiger partial charge in [-0.05, 0) is 62.1 Å². The first-order valence-corrected chi connectivity index (χ1v) is 12.0. The van der Waals surface area contributed by atoms with Crippen molar-refractivity contribution in [2.45, 2.75) is 58.7 Å². The number of halogens is 3. The number of allylic oxidation sites excluding steroid dienone is 1. The maximum atomic E-state index is 12.9. The second-order valence-corrected chi connectivity index (χ2v) is 10.2. The van der Waals surface area contributed by atoms with Crippen molar-refractivity contribution in [1.29, 1.82) is 0 Å². The highest BCUT2D eigenvalue weighted by Crippen LogP contribution is 2.35. The first kappa shape index (κ1) is 26.5. The molecule has 0 fully saturated rings. The van der Waals surface area contributed by atoms with Crippen LogP contribution in [0, 0.1) is 6.92 Å². The molecule has 0 bridgehead atoms. The number of benzene rings is 2. The zero-order valence-electron chi connectivity index (χ0n) is 20.2. The topological polar surface area (TPSA) is 59.4 Å². The van der Waals surface area contributed by atoms with Crippen LogP contribution < -0.4 is 4.74 Å². The molecule has 35 heavy (non-hydrogen) atoms. The summed E-state index contributed by atoms with van der Waals surface area (Å²) < 4.78 is 44.3. The molecule has 2 aromatic carbocycles. The summed E-state index contributed by atoms with van der Waals surface area (Å²) in [4.78, 5) is 17.1. The van der Waals surface area contributed by atoms with Crippen LogP contribution in [0.3, 0.4) is 0 Å². The maximum absolute atomic E-state index is 12.9. The van der Waals surface area contributed by atoms with Crippen LogP contribution in [0.2, 0.25) is 0 Å². The molecule has 1 heterocycles. The Bertz CT molecular complexity index is 1230. The van der Waals surface area contributed by atoms with Gasteiger partial charge in [0, 0.05) is 16.9 Å². The van der Waals surface area contributed by atoms with E-state index in [1.165, 1.54) is 37.3 Å². The van der Waals surface area contributed by atoms with E-state index in [0.29, 0.717) is 22.7 Å². The van der Waals surface area contributed by atoms with Crippen LogP contribution in [-0.2, 0) is 17.4 Å². The SMILES string of the molecule is Cc1cc(/C=C/Cc2sc(-c3ccc(C(F)(F)F)cc3)nc2C(C)C)ccc1OC(C)(C)C(=O)O. The van der Waals surface area contributed by atoms with Crippen LogP contribution in [0.5, 0.6) is 5.75 Å². The molecule has 0 unspecified atom stereocenters. The summed E-state index contributed by atoms with van der Waals surface area (Å²) in [5.41, 5.74) is 1.37. The van der Waals surface area contributed by atoms with Crippen molar-refractivity contribution in [3.63, 3.8) is 0 Å². The molecular weight excluding hydrogens is 475 g/mol. The second kappa shape index (κ2) is 10.2. The average Bonchev–Trinajstić information content (AvgIpc) is 3.19. The van der Waals surface area contributed by atoms with Gasteiger partial charge in [0.1, 0.15) is 10.8 Å². The minimum Gasteiger partial charge on any atom is -0.478 e. The van der Waals surface area contributed by atoms with E-state index >= 15 is 0 Å². The first-order valence-electron chi connectivity index (χ1n) is 11.1. The minimum atomic E-state index is -4.37. The lowest BCUT2D eigenvalue weighted by atomic mass is 10.1. The number of thiazole rings is 1. The van der Waals surface area contributed by atoms with Crippen LogP contribution in [0.25, 0.3) is 16.6 Å². The van der Waals surface area contributed by atoms with Crippen molar-refractivity contribution >= 4 is 23.4 Å². The van der Waals surface area contributed by atoms with E-state index in [0.717, 1.165) is 33.8 Å². The Morgan fingerprint density at radius 2 is 1.80 bits per heavy atom. The normalized spacial score (nSPS) is 12.5. The third kappa shape index (κ3) is 6.51. The Hall–Kier alpha value is -3.13. The van der Waals surface area contributed by atoms with Crippen LogP contribution in [0.1, 0.15) is 60.9 Å². The van der Waals surface area contributed by atoms with Gasteiger partial charge in [0.05, 0.1) is 11.3 Å². The fraction of sp³-hybridized carbons (Fsp3) is 0.333. The van der Waals surface area contributed by atoms with Crippen LogP contribution >= 0.6 is 11.3 Å². The summed E-state index contributed by atoms with van der Waals surface area (Å²) in [5.74, 6) is -0.351. The number of rotatable bonds is 8. The van der Waals surface area contributed by atoms with E-state index in [-0.39, 0.29) is 5.92 Å². The molecule has 0 radical (unpaired) electrons. The largest absolute Gasteiger partial charge is 0.478 e. The highest BCUT2D eigenvalue weighted by Gasteiger charge is 2.31. The lowest BCUT2D eigenvalue weighted by Gasteiger charge is -2.22. The van der Waals surface area contributed by atoms with E-state index in [4.69, 9.17) is 9.72 Å². The van der Waals surface area contributed by atoms with Gasteiger partial charge >= 0.3 is 12.1 Å². The quantitative estimate of drug-likeness (QED) is 0.341. The molecule has 0 saturated heterocycles. The summed E-state index contributed by atoms with van der Waals surface area (Å²) in [6, 6.07) is 10.6. The fourth-order valence-corrected chi connectivity index (χ4v) is 4.59. The molecule has 3 aromatic rings. The molecule has 0 aliphatic carbocycles. The Morgan fingerprint density at radius 3 is 2.34 bits per heavy atom. The lowest BCUT2D eigenvalue weighted by Crippen LogP contribution is -2.38. The number of ether oxygens (including phenoxy) is 1. The molecule has 0 saturated carbocycles. The maximum Gasteiger partial charge on any atom is 0.416 e. The van der Waals surface area contributed by atoms with Crippen molar-refractivity contribution in [1.82, 2.24) is 4.98 Å². The molecule has 1 N–H and O–H groups in total. The van der Waals surface area contributed by atoms with Crippen LogP contribution in [-0.4, -0.2) is 21.7 Å². The van der Waals surface area contributed by atoms with E-state index < -0.39 is 23.3 Å². The van der Waals surface area contributed by atoms with Gasteiger partial charge in [0.15, 0.2) is 5.60 Å². The van der Waals surface area contributed by atoms with Gasteiger partial charge in [-0.1, -0.05) is 44.2 Å². The summed E-state index contributed by atoms with van der Waals surface area (Å²) in [7, 11) is 0. The third-order valence-corrected chi connectivity index (χ3v) is 6.57. The Kier molecular flexibility index (Phi) is 7.74. The van der Waals surface area contributed by atoms with E-state index in [9.17, 15) is 23.1 Å². The van der Waals surface area contributed by atoms with E-state index in [1.807, 2.05) is 45.1 Å². The van der Waals surface area contributed by atoms with Gasteiger partial charge < -0.3 is 9.84 Å². The van der Waals surface area contributed by atoms with Gasteiger partial charge in [0.2, 0.25) is 0 Å². The van der Waals surface area contributed by atoms with Gasteiger partial charge in [0.25, 0.3) is 0 Å². The number of hydrogen-bond donors (Lipinski definition) is 1. The summed E-state index contributed by atoms with van der Waals surface area (Å²) >= 11 is 1.48. The van der Waals surface area contributed by atoms with Gasteiger partial charge in [-0.2, -0.15) is 13.2 Å². The predicted octanol–water partition coefficient (Wildman–Crippen LogP) is 7.76. The average molecular weight is 504 g/mol. The number of aryl methyl sites for hydroxylation is 1. The van der Waals surface area contributed by atoms with Crippen molar-refractivity contribution in [3.8, 4) is 16.3 Å². The molecule has 4 nitrogen and oxygen atoms in total. The van der Waals surface area contributed by atoms with E-state index in [1.54, 1.807) is 6.07 Å². The van der Waals surface area contributed by atoms with Gasteiger partial charge in [-0.15, -0.1) is 11.3 Å². The molecule has 186 valence electrons. The standard InChI is InChI=1S/C27H28F3NO3S/c1-16(2)23-22(35-24(31-23)19-10-12-20(13-11-19)27(28,29)30)8-6-7-18-9-14-21(17(3)15-18)34-26(4,5)25(32)33/h6-7,9-16H,8H2,1-5H3,(H,32,33)/b7-6+. The third-order valence-electron chi connectivity index (χ3n) is 5.43. The molecule has 1 aromatic heterocycles.